The van der Waals surface area contributed by atoms with Crippen LogP contribution in [-0.4, -0.2) is 18.0 Å². The summed E-state index contributed by atoms with van der Waals surface area (Å²) in [6.07, 6.45) is 2.33. The van der Waals surface area contributed by atoms with Gasteiger partial charge in [0.05, 0.1) is 11.1 Å². The quantitative estimate of drug-likeness (QED) is 0.813. The second-order valence-corrected chi connectivity index (χ2v) is 6.50. The Labute approximate surface area is 122 Å². The fourth-order valence-electron chi connectivity index (χ4n) is 2.18. The second kappa shape index (κ2) is 5.17. The van der Waals surface area contributed by atoms with Crippen LogP contribution in [0.3, 0.4) is 0 Å². The lowest BCUT2D eigenvalue weighted by atomic mass is 9.95. The van der Waals surface area contributed by atoms with Crippen molar-refractivity contribution in [1.82, 2.24) is 5.32 Å². The van der Waals surface area contributed by atoms with Gasteiger partial charge in [-0.05, 0) is 67.3 Å². The minimum Gasteiger partial charge on any atom is -0.345 e. The molecule has 1 saturated carbocycles. The van der Waals surface area contributed by atoms with E-state index in [2.05, 4.69) is 27.9 Å². The Morgan fingerprint density at radius 3 is 2.78 bits per heavy atom. The molecular formula is C14H19IN2O. The van der Waals surface area contributed by atoms with Gasteiger partial charge in [0.1, 0.15) is 0 Å². The number of aryl methyl sites for hydroxylation is 1. The zero-order valence-corrected chi connectivity index (χ0v) is 13.0. The average Bonchev–Trinajstić information content (AvgIpc) is 3.16. The molecule has 0 aliphatic heterocycles. The zero-order chi connectivity index (χ0) is 13.3. The molecule has 1 aliphatic rings. The maximum Gasteiger partial charge on any atom is 0.252 e. The van der Waals surface area contributed by atoms with Crippen molar-refractivity contribution in [1.29, 1.82) is 0 Å². The van der Waals surface area contributed by atoms with Crippen molar-refractivity contribution in [3.63, 3.8) is 0 Å². The Hall–Kier alpha value is -0.620. The zero-order valence-electron chi connectivity index (χ0n) is 10.8. The number of nitrogens with two attached hydrogens (primary N) is 1. The third kappa shape index (κ3) is 2.85. The van der Waals surface area contributed by atoms with Gasteiger partial charge in [0, 0.05) is 10.1 Å². The van der Waals surface area contributed by atoms with E-state index in [1.807, 2.05) is 32.0 Å². The minimum absolute atomic E-state index is 0.0112. The van der Waals surface area contributed by atoms with Gasteiger partial charge in [-0.15, -0.1) is 0 Å². The largest absolute Gasteiger partial charge is 0.345 e. The molecule has 1 atom stereocenters. The van der Waals surface area contributed by atoms with Gasteiger partial charge in [-0.2, -0.15) is 0 Å². The molecule has 1 amide bonds. The maximum absolute atomic E-state index is 12.4. The van der Waals surface area contributed by atoms with Gasteiger partial charge < -0.3 is 11.1 Å². The van der Waals surface area contributed by atoms with E-state index >= 15 is 0 Å². The summed E-state index contributed by atoms with van der Waals surface area (Å²) in [6, 6.07) is 5.92. The van der Waals surface area contributed by atoms with E-state index in [1.54, 1.807) is 0 Å². The lowest BCUT2D eigenvalue weighted by molar-refractivity contribution is 0.0897. The Balaban J connectivity index is 2.18. The first-order valence-corrected chi connectivity index (χ1v) is 7.33. The van der Waals surface area contributed by atoms with E-state index in [0.717, 1.165) is 14.7 Å². The van der Waals surface area contributed by atoms with Gasteiger partial charge in [-0.3, -0.25) is 4.79 Å². The highest BCUT2D eigenvalue weighted by molar-refractivity contribution is 14.1. The van der Waals surface area contributed by atoms with Crippen LogP contribution in [0.4, 0.5) is 0 Å². The standard InChI is InChI=1S/C14H19IN2O/c1-9-3-6-12(15)11(7-9)13(18)17-14(2,8-16)10-4-5-10/h3,6-7,10H,4-5,8,16H2,1-2H3,(H,17,18). The molecule has 0 bridgehead atoms. The lowest BCUT2D eigenvalue weighted by Gasteiger charge is -2.29. The number of nitrogens with one attached hydrogen (secondary N) is 1. The van der Waals surface area contributed by atoms with Crippen LogP contribution in [0.5, 0.6) is 0 Å². The molecule has 2 rings (SSSR count). The van der Waals surface area contributed by atoms with Crippen molar-refractivity contribution < 1.29 is 4.79 Å². The third-order valence-corrected chi connectivity index (χ3v) is 4.61. The maximum atomic E-state index is 12.4. The number of amides is 1. The topological polar surface area (TPSA) is 55.1 Å². The van der Waals surface area contributed by atoms with Gasteiger partial charge in [-0.1, -0.05) is 11.6 Å². The summed E-state index contributed by atoms with van der Waals surface area (Å²) in [5, 5.41) is 3.12. The van der Waals surface area contributed by atoms with Crippen molar-refractivity contribution in [2.45, 2.75) is 32.2 Å². The number of hydrogen-bond donors (Lipinski definition) is 2. The molecule has 1 aliphatic carbocycles. The molecule has 0 aromatic heterocycles. The van der Waals surface area contributed by atoms with Gasteiger partial charge in [0.2, 0.25) is 0 Å². The summed E-state index contributed by atoms with van der Waals surface area (Å²) in [7, 11) is 0. The predicted molar refractivity (Wildman–Crippen MR) is 81.5 cm³/mol. The van der Waals surface area contributed by atoms with E-state index in [0.29, 0.717) is 12.5 Å². The van der Waals surface area contributed by atoms with E-state index in [1.165, 1.54) is 12.8 Å². The molecule has 3 N–H and O–H groups in total. The van der Waals surface area contributed by atoms with Gasteiger partial charge in [-0.25, -0.2) is 0 Å². The van der Waals surface area contributed by atoms with Crippen molar-refractivity contribution in [2.24, 2.45) is 11.7 Å². The molecule has 0 radical (unpaired) electrons. The number of carbonyl (C=O) groups is 1. The molecular weight excluding hydrogens is 339 g/mol. The van der Waals surface area contributed by atoms with Gasteiger partial charge >= 0.3 is 0 Å². The van der Waals surface area contributed by atoms with Crippen LogP contribution in [0.1, 0.15) is 35.7 Å². The molecule has 1 fully saturated rings. The molecule has 3 nitrogen and oxygen atoms in total. The second-order valence-electron chi connectivity index (χ2n) is 5.33. The number of hydrogen-bond acceptors (Lipinski definition) is 2. The summed E-state index contributed by atoms with van der Waals surface area (Å²) >= 11 is 2.20. The summed E-state index contributed by atoms with van der Waals surface area (Å²) in [4.78, 5) is 12.4. The van der Waals surface area contributed by atoms with Crippen LogP contribution in [0.25, 0.3) is 0 Å². The minimum atomic E-state index is -0.260. The van der Waals surface area contributed by atoms with Gasteiger partial charge in [0.15, 0.2) is 0 Å². The first-order valence-electron chi connectivity index (χ1n) is 6.25. The van der Waals surface area contributed by atoms with E-state index < -0.39 is 0 Å². The van der Waals surface area contributed by atoms with Crippen LogP contribution < -0.4 is 11.1 Å². The van der Waals surface area contributed by atoms with Crippen LogP contribution in [0.2, 0.25) is 0 Å². The number of rotatable bonds is 4. The molecule has 1 aromatic rings. The SMILES string of the molecule is Cc1ccc(I)c(C(=O)NC(C)(CN)C2CC2)c1. The summed E-state index contributed by atoms with van der Waals surface area (Å²) in [6.45, 7) is 4.53. The molecule has 1 unspecified atom stereocenters. The smallest absolute Gasteiger partial charge is 0.252 e. The first-order chi connectivity index (χ1) is 8.46. The lowest BCUT2D eigenvalue weighted by Crippen LogP contribution is -2.53. The molecule has 0 heterocycles. The monoisotopic (exact) mass is 358 g/mol. The highest BCUT2D eigenvalue weighted by atomic mass is 127. The molecule has 18 heavy (non-hydrogen) atoms. The normalized spacial score (nSPS) is 18.2. The molecule has 4 heteroatoms. The summed E-state index contributed by atoms with van der Waals surface area (Å²) < 4.78 is 0.978. The molecule has 98 valence electrons. The highest BCUT2D eigenvalue weighted by Gasteiger charge is 2.41. The summed E-state index contributed by atoms with van der Waals surface area (Å²) in [5.41, 5.74) is 7.41. The van der Waals surface area contributed by atoms with Gasteiger partial charge in [0.25, 0.3) is 5.91 Å². The predicted octanol–water partition coefficient (Wildman–Crippen LogP) is 2.46. The van der Waals surface area contributed by atoms with Crippen molar-refractivity contribution >= 4 is 28.5 Å². The van der Waals surface area contributed by atoms with Crippen molar-refractivity contribution in [3.05, 3.63) is 32.9 Å². The molecule has 0 spiro atoms. The van der Waals surface area contributed by atoms with Crippen LogP contribution in [0.15, 0.2) is 18.2 Å². The van der Waals surface area contributed by atoms with E-state index in [4.69, 9.17) is 5.73 Å². The average molecular weight is 358 g/mol. The Bertz CT molecular complexity index is 471. The number of halogens is 1. The van der Waals surface area contributed by atoms with E-state index in [-0.39, 0.29) is 11.4 Å². The van der Waals surface area contributed by atoms with E-state index in [9.17, 15) is 4.79 Å². The Kier molecular flexibility index (Phi) is 3.96. The summed E-state index contributed by atoms with van der Waals surface area (Å²) in [5.74, 6) is 0.525. The Morgan fingerprint density at radius 2 is 2.22 bits per heavy atom. The third-order valence-electron chi connectivity index (χ3n) is 3.67. The fourth-order valence-corrected chi connectivity index (χ4v) is 2.76. The number of carbonyl (C=O) groups excluding carboxylic acids is 1. The first kappa shape index (κ1) is 13.8. The van der Waals surface area contributed by atoms with Crippen molar-refractivity contribution in [2.75, 3.05) is 6.54 Å². The Morgan fingerprint density at radius 1 is 1.56 bits per heavy atom. The molecule has 1 aromatic carbocycles. The number of benzene rings is 1. The molecule has 0 saturated heterocycles. The van der Waals surface area contributed by atoms with Crippen LogP contribution in [-0.2, 0) is 0 Å². The van der Waals surface area contributed by atoms with Crippen LogP contribution >= 0.6 is 22.6 Å². The highest BCUT2D eigenvalue weighted by Crippen LogP contribution is 2.39. The van der Waals surface area contributed by atoms with Crippen molar-refractivity contribution in [3.8, 4) is 0 Å². The van der Waals surface area contributed by atoms with Crippen LogP contribution in [0, 0.1) is 16.4 Å². The fraction of sp³-hybridized carbons (Fsp3) is 0.500.